The van der Waals surface area contributed by atoms with Gasteiger partial charge in [-0.2, -0.15) is 0 Å². The van der Waals surface area contributed by atoms with E-state index < -0.39 is 5.41 Å². The standard InChI is InChI=1S/C56H38N2OS/c1-55(2)42-20-7-8-21-44(42)56(45-22-9-12-25-52(45)60-53-26-13-10-23-46(53)56)47-32-37(28-30-43(47)55)36-17-14-18-38(31-36)49-34-48(35-15-4-3-5-16-35)57-54(58-49)39-27-29-41-40-19-6-11-24-50(40)59-51(41)33-39/h3-34H,1-2H3. The van der Waals surface area contributed by atoms with Crippen molar-refractivity contribution in [2.75, 3.05) is 0 Å². The van der Waals surface area contributed by atoms with Gasteiger partial charge >= 0.3 is 0 Å². The molecule has 8 aromatic carbocycles. The molecule has 0 fully saturated rings. The minimum atomic E-state index is -0.486. The van der Waals surface area contributed by atoms with Crippen LogP contribution in [0.15, 0.2) is 208 Å². The number of para-hydroxylation sites is 1. The number of rotatable bonds is 4. The van der Waals surface area contributed by atoms with Crippen molar-refractivity contribution >= 4 is 33.7 Å². The highest BCUT2D eigenvalue weighted by Crippen LogP contribution is 2.61. The second-order valence-corrected chi connectivity index (χ2v) is 17.6. The molecule has 60 heavy (non-hydrogen) atoms. The number of furan rings is 1. The molecule has 4 heteroatoms. The van der Waals surface area contributed by atoms with Crippen molar-refractivity contribution in [1.29, 1.82) is 0 Å². The molecule has 10 aromatic rings. The first-order valence-electron chi connectivity index (χ1n) is 20.6. The molecular formula is C56H38N2OS. The lowest BCUT2D eigenvalue weighted by Gasteiger charge is -2.50. The molecule has 2 aromatic heterocycles. The monoisotopic (exact) mass is 786 g/mol. The highest BCUT2D eigenvalue weighted by atomic mass is 32.2. The molecule has 0 N–H and O–H groups in total. The first kappa shape index (κ1) is 35.0. The molecule has 1 aliphatic carbocycles. The summed E-state index contributed by atoms with van der Waals surface area (Å²) in [5.41, 5.74) is 16.1. The molecule has 2 aliphatic rings. The Hall–Kier alpha value is -7.01. The first-order valence-corrected chi connectivity index (χ1v) is 21.4. The van der Waals surface area contributed by atoms with Crippen molar-refractivity contribution in [2.24, 2.45) is 0 Å². The molecule has 0 unspecified atom stereocenters. The van der Waals surface area contributed by atoms with Crippen LogP contribution in [0.5, 0.6) is 0 Å². The molecule has 0 amide bonds. The smallest absolute Gasteiger partial charge is 0.160 e. The van der Waals surface area contributed by atoms with Crippen LogP contribution in [0.1, 0.15) is 47.2 Å². The SMILES string of the molecule is CC1(C)c2ccccc2C2(c3ccccc3Sc3ccccc32)c2cc(-c3cccc(-c4cc(-c5ccccc5)nc(-c5ccc6c(c5)oc5ccccc56)n4)c3)ccc21. The normalized spacial score (nSPS) is 14.4. The molecule has 284 valence electrons. The van der Waals surface area contributed by atoms with Gasteiger partial charge in [0.1, 0.15) is 11.2 Å². The minimum absolute atomic E-state index is 0.206. The second-order valence-electron chi connectivity index (χ2n) is 16.5. The van der Waals surface area contributed by atoms with Gasteiger partial charge < -0.3 is 4.42 Å². The fourth-order valence-corrected chi connectivity index (χ4v) is 11.2. The van der Waals surface area contributed by atoms with Crippen molar-refractivity contribution in [3.63, 3.8) is 0 Å². The van der Waals surface area contributed by atoms with E-state index in [1.165, 1.54) is 48.7 Å². The third-order valence-electron chi connectivity index (χ3n) is 12.8. The maximum Gasteiger partial charge on any atom is 0.160 e. The Morgan fingerprint density at radius 1 is 0.383 bits per heavy atom. The van der Waals surface area contributed by atoms with Gasteiger partial charge in [-0.05, 0) is 93.0 Å². The van der Waals surface area contributed by atoms with Crippen LogP contribution in [0.2, 0.25) is 0 Å². The van der Waals surface area contributed by atoms with Crippen LogP contribution in [-0.2, 0) is 10.8 Å². The summed E-state index contributed by atoms with van der Waals surface area (Å²) in [7, 11) is 0. The van der Waals surface area contributed by atoms with E-state index in [0.29, 0.717) is 5.82 Å². The van der Waals surface area contributed by atoms with Gasteiger partial charge in [-0.15, -0.1) is 0 Å². The molecule has 0 saturated heterocycles. The average molecular weight is 787 g/mol. The van der Waals surface area contributed by atoms with Gasteiger partial charge in [0.15, 0.2) is 5.82 Å². The summed E-state index contributed by atoms with van der Waals surface area (Å²) in [4.78, 5) is 13.0. The van der Waals surface area contributed by atoms with Crippen molar-refractivity contribution in [3.05, 3.63) is 228 Å². The molecule has 0 bridgehead atoms. The fourth-order valence-electron chi connectivity index (χ4n) is 10.0. The zero-order valence-electron chi connectivity index (χ0n) is 33.2. The Bertz CT molecular complexity index is 3300. The summed E-state index contributed by atoms with van der Waals surface area (Å²) in [5.74, 6) is 0.656. The van der Waals surface area contributed by atoms with E-state index >= 15 is 0 Å². The van der Waals surface area contributed by atoms with E-state index in [2.05, 4.69) is 184 Å². The van der Waals surface area contributed by atoms with Crippen molar-refractivity contribution in [1.82, 2.24) is 9.97 Å². The maximum absolute atomic E-state index is 6.30. The third kappa shape index (κ3) is 5.17. The summed E-state index contributed by atoms with van der Waals surface area (Å²) in [6, 6.07) is 70.2. The highest BCUT2D eigenvalue weighted by Gasteiger charge is 2.52. The van der Waals surface area contributed by atoms with E-state index in [1.807, 2.05) is 36.0 Å². The molecule has 12 rings (SSSR count). The lowest BCUT2D eigenvalue weighted by Crippen LogP contribution is -2.43. The largest absolute Gasteiger partial charge is 0.456 e. The summed E-state index contributed by atoms with van der Waals surface area (Å²) in [6.45, 7) is 4.77. The number of benzene rings is 8. The summed E-state index contributed by atoms with van der Waals surface area (Å²) >= 11 is 1.88. The molecule has 0 radical (unpaired) electrons. The van der Waals surface area contributed by atoms with E-state index in [-0.39, 0.29) is 5.41 Å². The summed E-state index contributed by atoms with van der Waals surface area (Å²) < 4.78 is 6.30. The van der Waals surface area contributed by atoms with E-state index in [4.69, 9.17) is 14.4 Å². The number of hydrogen-bond donors (Lipinski definition) is 0. The number of hydrogen-bond acceptors (Lipinski definition) is 4. The molecule has 0 saturated carbocycles. The quantitative estimate of drug-likeness (QED) is 0.178. The second kappa shape index (κ2) is 13.3. The maximum atomic E-state index is 6.30. The van der Waals surface area contributed by atoms with Gasteiger partial charge in [0.25, 0.3) is 0 Å². The highest BCUT2D eigenvalue weighted by molar-refractivity contribution is 7.99. The summed E-state index contributed by atoms with van der Waals surface area (Å²) in [5, 5.41) is 2.19. The summed E-state index contributed by atoms with van der Waals surface area (Å²) in [6.07, 6.45) is 0. The third-order valence-corrected chi connectivity index (χ3v) is 14.0. The Morgan fingerprint density at radius 3 is 1.73 bits per heavy atom. The van der Waals surface area contributed by atoms with Crippen molar-refractivity contribution in [2.45, 2.75) is 34.5 Å². The van der Waals surface area contributed by atoms with Gasteiger partial charge in [0.2, 0.25) is 0 Å². The molecule has 1 aliphatic heterocycles. The Labute approximate surface area is 353 Å². The predicted molar refractivity (Wildman–Crippen MR) is 246 cm³/mol. The average Bonchev–Trinajstić information content (AvgIpc) is 3.68. The van der Waals surface area contributed by atoms with Crippen LogP contribution in [0.3, 0.4) is 0 Å². The van der Waals surface area contributed by atoms with Gasteiger partial charge in [0.05, 0.1) is 16.8 Å². The molecule has 0 atom stereocenters. The fraction of sp³-hybridized carbons (Fsp3) is 0.0714. The topological polar surface area (TPSA) is 38.9 Å². The van der Waals surface area contributed by atoms with Gasteiger partial charge in [-0.25, -0.2) is 9.97 Å². The van der Waals surface area contributed by atoms with E-state index in [9.17, 15) is 0 Å². The van der Waals surface area contributed by atoms with Crippen LogP contribution in [0, 0.1) is 0 Å². The zero-order valence-corrected chi connectivity index (χ0v) is 34.0. The van der Waals surface area contributed by atoms with E-state index in [0.717, 1.165) is 55.6 Å². The lowest BCUT2D eigenvalue weighted by molar-refractivity contribution is 0.549. The lowest BCUT2D eigenvalue weighted by atomic mass is 9.54. The Kier molecular flexibility index (Phi) is 7.73. The molecule has 3 nitrogen and oxygen atoms in total. The first-order chi connectivity index (χ1) is 29.5. The van der Waals surface area contributed by atoms with Gasteiger partial charge in [-0.3, -0.25) is 0 Å². The molecule has 1 spiro atoms. The van der Waals surface area contributed by atoms with Crippen molar-refractivity contribution in [3.8, 4) is 45.0 Å². The zero-order chi connectivity index (χ0) is 40.0. The van der Waals surface area contributed by atoms with Crippen molar-refractivity contribution < 1.29 is 4.42 Å². The van der Waals surface area contributed by atoms with Gasteiger partial charge in [0, 0.05) is 42.7 Å². The Balaban J connectivity index is 1.04. The predicted octanol–water partition coefficient (Wildman–Crippen LogP) is 14.5. The number of aromatic nitrogens is 2. The molecular weight excluding hydrogens is 749 g/mol. The van der Waals surface area contributed by atoms with E-state index in [1.54, 1.807) is 0 Å². The molecule has 3 heterocycles. The van der Waals surface area contributed by atoms with Crippen LogP contribution >= 0.6 is 11.8 Å². The minimum Gasteiger partial charge on any atom is -0.456 e. The van der Waals surface area contributed by atoms with Crippen LogP contribution in [0.25, 0.3) is 67.0 Å². The van der Waals surface area contributed by atoms with Crippen LogP contribution in [0.4, 0.5) is 0 Å². The number of nitrogens with zero attached hydrogens (tertiary/aromatic N) is 2. The van der Waals surface area contributed by atoms with Crippen LogP contribution in [-0.4, -0.2) is 9.97 Å². The van der Waals surface area contributed by atoms with Crippen LogP contribution < -0.4 is 0 Å². The Morgan fingerprint density at radius 2 is 0.950 bits per heavy atom. The number of fused-ring (bicyclic) bond motifs is 11. The van der Waals surface area contributed by atoms with Gasteiger partial charge in [-0.1, -0.05) is 171 Å².